The van der Waals surface area contributed by atoms with Crippen LogP contribution in [0.1, 0.15) is 99.9 Å². The van der Waals surface area contributed by atoms with Crippen molar-refractivity contribution < 1.29 is 20.1 Å². The molecule has 0 spiro atoms. The Kier molecular flexibility index (Phi) is 6.78. The quantitative estimate of drug-likeness (QED) is 0.144. The third kappa shape index (κ3) is 4.14. The zero-order valence-corrected chi connectivity index (χ0v) is 31.7. The maximum atomic E-state index is 5.15. The minimum Gasteiger partial charge on any atom is -0.344 e. The summed E-state index contributed by atoms with van der Waals surface area (Å²) in [6, 6.07) is 36.3. The molecule has 0 fully saturated rings. The number of rotatable bonds is 0. The van der Waals surface area contributed by atoms with Gasteiger partial charge >= 0.3 is 20.1 Å². The summed E-state index contributed by atoms with van der Waals surface area (Å²) in [7, 11) is 0. The molecule has 0 bridgehead atoms. The number of fused-ring (bicyclic) bond motifs is 12. The van der Waals surface area contributed by atoms with Gasteiger partial charge in [-0.25, -0.2) is 0 Å². The second-order valence-electron chi connectivity index (χ2n) is 15.8. The van der Waals surface area contributed by atoms with Crippen molar-refractivity contribution in [1.82, 2.24) is 15.0 Å². The van der Waals surface area contributed by atoms with E-state index in [1.54, 1.807) is 0 Å². The van der Waals surface area contributed by atoms with Gasteiger partial charge in [0.25, 0.3) is 0 Å². The van der Waals surface area contributed by atoms with Gasteiger partial charge in [-0.1, -0.05) is 118 Å². The molecule has 0 saturated carbocycles. The van der Waals surface area contributed by atoms with Crippen molar-refractivity contribution in [1.29, 1.82) is 0 Å². The van der Waals surface area contributed by atoms with Crippen LogP contribution < -0.4 is 0 Å². The van der Waals surface area contributed by atoms with Crippen LogP contribution in [0.5, 0.6) is 0 Å². The van der Waals surface area contributed by atoms with Crippen LogP contribution >= 0.6 is 0 Å². The number of benzene rings is 3. The molecule has 3 heterocycles. The fourth-order valence-corrected chi connectivity index (χ4v) is 8.86. The van der Waals surface area contributed by atoms with E-state index in [-0.39, 0.29) is 41.8 Å². The summed E-state index contributed by atoms with van der Waals surface area (Å²) in [6.07, 6.45) is 3.75. The molecule has 0 aliphatic heterocycles. The predicted molar refractivity (Wildman–Crippen MR) is 193 cm³/mol. The first-order chi connectivity index (χ1) is 22.8. The van der Waals surface area contributed by atoms with Crippen LogP contribution in [0.15, 0.2) is 85.2 Å². The summed E-state index contributed by atoms with van der Waals surface area (Å²) in [6.45, 7) is 18.3. The minimum atomic E-state index is -0.0389. The molecule has 0 saturated heterocycles. The Morgan fingerprint density at radius 1 is 0.429 bits per heavy atom. The first-order valence-corrected chi connectivity index (χ1v) is 17.0. The minimum absolute atomic E-state index is 0. The molecule has 3 aromatic heterocycles. The normalized spacial score (nSPS) is 17.5. The summed E-state index contributed by atoms with van der Waals surface area (Å²) >= 11 is 0. The average Bonchev–Trinajstić information content (AvgIpc) is 3.65. The molecule has 4 aliphatic rings. The SMILES string of the molecule is CC1(C)c2cc3c([c-]c2-c2ncccc21)-c1ncccc1C3(C)C.CC1(C)c2ccc[c-]c2-c2nc3c(cc21)C(C)(C)c1ccc[c-]c1-3.[Ir+3]. The molecular formula is C45H38IrN3. The Hall–Kier alpha value is -4.24. The molecular weight excluding hydrogens is 775 g/mol. The number of pyridine rings is 3. The largest absolute Gasteiger partial charge is 3.00 e. The summed E-state index contributed by atoms with van der Waals surface area (Å²) in [5.41, 5.74) is 19.3. The molecule has 0 amide bonds. The average molecular weight is 813 g/mol. The van der Waals surface area contributed by atoms with Gasteiger partial charge in [0.05, 0.1) is 0 Å². The second kappa shape index (κ2) is 10.4. The van der Waals surface area contributed by atoms with Crippen LogP contribution in [0, 0.1) is 18.2 Å². The Morgan fingerprint density at radius 2 is 0.816 bits per heavy atom. The standard InChI is InChI=1S/C23H19N.C22H19N2.Ir/c1-22(2)16-11-7-5-9-14(16)20-18(22)13-19-21(24-20)15-10-6-8-12-17(15)23(19,3)4;1-21(2)15-7-5-9-23-19(15)13-11-14-18(12-17(13)21)22(3,4)16-8-6-10-24-20(14)16;/h5-8,11-13H,1-4H3;5-10,12H,1-4H3;/q-2;-1;+3. The van der Waals surface area contributed by atoms with E-state index < -0.39 is 0 Å². The van der Waals surface area contributed by atoms with Crippen molar-refractivity contribution in [2.24, 2.45) is 0 Å². The molecule has 0 atom stereocenters. The van der Waals surface area contributed by atoms with Crippen molar-refractivity contribution in [2.75, 3.05) is 0 Å². The number of hydrogen-bond donors (Lipinski definition) is 0. The van der Waals surface area contributed by atoms with Crippen molar-refractivity contribution in [3.8, 4) is 45.0 Å². The van der Waals surface area contributed by atoms with Crippen molar-refractivity contribution in [2.45, 2.75) is 77.0 Å². The molecule has 4 aliphatic carbocycles. The third-order valence-corrected chi connectivity index (χ3v) is 11.8. The Balaban J connectivity index is 0.000000139. The monoisotopic (exact) mass is 813 g/mol. The van der Waals surface area contributed by atoms with Gasteiger partial charge in [0.15, 0.2) is 0 Å². The summed E-state index contributed by atoms with van der Waals surface area (Å²) < 4.78 is 0. The molecule has 3 aromatic carbocycles. The zero-order valence-electron chi connectivity index (χ0n) is 29.3. The zero-order chi connectivity index (χ0) is 33.4. The van der Waals surface area contributed by atoms with Gasteiger partial charge in [0.1, 0.15) is 0 Å². The van der Waals surface area contributed by atoms with E-state index in [1.165, 1.54) is 44.5 Å². The molecule has 242 valence electrons. The Morgan fingerprint density at radius 3 is 1.27 bits per heavy atom. The summed E-state index contributed by atoms with van der Waals surface area (Å²) in [4.78, 5) is 14.5. The van der Waals surface area contributed by atoms with E-state index in [4.69, 9.17) is 4.98 Å². The molecule has 6 aromatic rings. The van der Waals surface area contributed by atoms with Gasteiger partial charge in [-0.3, -0.25) is 9.97 Å². The van der Waals surface area contributed by atoms with E-state index in [9.17, 15) is 0 Å². The summed E-state index contributed by atoms with van der Waals surface area (Å²) in [5.74, 6) is 0. The first kappa shape index (κ1) is 32.0. The molecule has 0 unspecified atom stereocenters. The fourth-order valence-electron chi connectivity index (χ4n) is 8.86. The third-order valence-electron chi connectivity index (χ3n) is 11.8. The number of hydrogen-bond acceptors (Lipinski definition) is 3. The topological polar surface area (TPSA) is 38.7 Å². The van der Waals surface area contributed by atoms with Crippen LogP contribution in [-0.2, 0) is 41.8 Å². The van der Waals surface area contributed by atoms with Crippen molar-refractivity contribution in [3.63, 3.8) is 0 Å². The molecule has 10 rings (SSSR count). The van der Waals surface area contributed by atoms with Gasteiger partial charge in [0.2, 0.25) is 0 Å². The van der Waals surface area contributed by atoms with E-state index >= 15 is 0 Å². The maximum absolute atomic E-state index is 5.15. The van der Waals surface area contributed by atoms with Crippen molar-refractivity contribution >= 4 is 0 Å². The number of aromatic nitrogens is 3. The molecule has 49 heavy (non-hydrogen) atoms. The van der Waals surface area contributed by atoms with Crippen LogP contribution in [0.2, 0.25) is 0 Å². The Labute approximate surface area is 303 Å². The van der Waals surface area contributed by atoms with Crippen LogP contribution in [0.25, 0.3) is 45.0 Å². The van der Waals surface area contributed by atoms with E-state index in [2.05, 4.69) is 132 Å². The maximum Gasteiger partial charge on any atom is 3.00 e. The van der Waals surface area contributed by atoms with Gasteiger partial charge < -0.3 is 4.98 Å². The molecule has 3 nitrogen and oxygen atoms in total. The first-order valence-electron chi connectivity index (χ1n) is 17.0. The smallest absolute Gasteiger partial charge is 0.344 e. The van der Waals surface area contributed by atoms with E-state index in [1.807, 2.05) is 36.7 Å². The van der Waals surface area contributed by atoms with Gasteiger partial charge in [0, 0.05) is 23.8 Å². The number of nitrogens with zero attached hydrogens (tertiary/aromatic N) is 3. The molecule has 4 heteroatoms. The molecule has 0 radical (unpaired) electrons. The van der Waals surface area contributed by atoms with Gasteiger partial charge in [-0.05, 0) is 45.2 Å². The van der Waals surface area contributed by atoms with Crippen molar-refractivity contribution in [3.05, 3.63) is 148 Å². The second-order valence-corrected chi connectivity index (χ2v) is 15.8. The van der Waals surface area contributed by atoms with Crippen LogP contribution in [-0.4, -0.2) is 15.0 Å². The van der Waals surface area contributed by atoms with Gasteiger partial charge in [-0.2, -0.15) is 0 Å². The van der Waals surface area contributed by atoms with Crippen LogP contribution in [0.3, 0.4) is 0 Å². The summed E-state index contributed by atoms with van der Waals surface area (Å²) in [5, 5.41) is 0. The van der Waals surface area contributed by atoms with Crippen LogP contribution in [0.4, 0.5) is 0 Å². The Bertz CT molecular complexity index is 2040. The molecule has 0 N–H and O–H groups in total. The van der Waals surface area contributed by atoms with E-state index in [0.29, 0.717) is 0 Å². The predicted octanol–water partition coefficient (Wildman–Crippen LogP) is 10.2. The fraction of sp³-hybridized carbons (Fsp3) is 0.267. The van der Waals surface area contributed by atoms with Gasteiger partial charge in [-0.15, -0.1) is 82.9 Å². The van der Waals surface area contributed by atoms with E-state index in [0.717, 1.165) is 45.0 Å².